The van der Waals surface area contributed by atoms with Crippen molar-refractivity contribution in [1.82, 2.24) is 0 Å². The fraction of sp³-hybridized carbons (Fsp3) is 0.0667. The smallest absolute Gasteiger partial charge is 0.266 e. The SMILES string of the molecule is Cc1cc(F)cc(N2C(=O)c3ccccc3C2=O)c1I. The first kappa shape index (κ1) is 13.2. The number of aryl methyl sites for hydroxylation is 1. The van der Waals surface area contributed by atoms with E-state index >= 15 is 0 Å². The Balaban J connectivity index is 2.19. The Hall–Kier alpha value is -1.76. The minimum absolute atomic E-state index is 0.300. The zero-order valence-electron chi connectivity index (χ0n) is 10.5. The predicted molar refractivity (Wildman–Crippen MR) is 81.4 cm³/mol. The van der Waals surface area contributed by atoms with Crippen LogP contribution in [0.15, 0.2) is 36.4 Å². The fourth-order valence-electron chi connectivity index (χ4n) is 2.28. The first-order valence-electron chi connectivity index (χ1n) is 5.94. The van der Waals surface area contributed by atoms with Crippen LogP contribution in [0, 0.1) is 16.3 Å². The van der Waals surface area contributed by atoms with Gasteiger partial charge in [0.05, 0.1) is 16.8 Å². The molecule has 0 unspecified atom stereocenters. The molecule has 1 aliphatic heterocycles. The van der Waals surface area contributed by atoms with Gasteiger partial charge in [0.1, 0.15) is 5.82 Å². The van der Waals surface area contributed by atoms with Gasteiger partial charge in [-0.25, -0.2) is 9.29 Å². The summed E-state index contributed by atoms with van der Waals surface area (Å²) in [6.45, 7) is 1.74. The van der Waals surface area contributed by atoms with Gasteiger partial charge in [0, 0.05) is 3.57 Å². The highest BCUT2D eigenvalue weighted by atomic mass is 127. The van der Waals surface area contributed by atoms with E-state index in [-0.39, 0.29) is 0 Å². The first-order chi connectivity index (χ1) is 9.50. The molecule has 1 aliphatic rings. The number of carbonyl (C=O) groups excluding carboxylic acids is 2. The number of imide groups is 1. The Kier molecular flexibility index (Phi) is 3.08. The summed E-state index contributed by atoms with van der Waals surface area (Å²) in [6, 6.07) is 9.22. The van der Waals surface area contributed by atoms with Crippen molar-refractivity contribution in [2.75, 3.05) is 4.90 Å². The van der Waals surface area contributed by atoms with Crippen molar-refractivity contribution in [3.63, 3.8) is 0 Å². The number of benzene rings is 2. The topological polar surface area (TPSA) is 37.4 Å². The summed E-state index contributed by atoms with van der Waals surface area (Å²) in [5.41, 5.74) is 1.71. The maximum Gasteiger partial charge on any atom is 0.266 e. The van der Waals surface area contributed by atoms with Crippen LogP contribution < -0.4 is 4.90 Å². The maximum absolute atomic E-state index is 13.6. The molecule has 5 heteroatoms. The fourth-order valence-corrected chi connectivity index (χ4v) is 2.83. The third kappa shape index (κ3) is 1.84. The lowest BCUT2D eigenvalue weighted by Crippen LogP contribution is -2.30. The van der Waals surface area contributed by atoms with Crippen molar-refractivity contribution in [2.45, 2.75) is 6.92 Å². The van der Waals surface area contributed by atoms with Gasteiger partial charge in [-0.05, 0) is 59.3 Å². The average molecular weight is 381 g/mol. The molecule has 0 saturated carbocycles. The first-order valence-corrected chi connectivity index (χ1v) is 7.02. The average Bonchev–Trinajstić information content (AvgIpc) is 2.67. The molecule has 0 N–H and O–H groups in total. The van der Waals surface area contributed by atoms with Crippen LogP contribution >= 0.6 is 22.6 Å². The van der Waals surface area contributed by atoms with E-state index < -0.39 is 17.6 Å². The van der Waals surface area contributed by atoms with E-state index in [1.165, 1.54) is 12.1 Å². The molecule has 0 saturated heterocycles. The zero-order chi connectivity index (χ0) is 14.4. The number of carbonyl (C=O) groups is 2. The lowest BCUT2D eigenvalue weighted by Gasteiger charge is -2.17. The summed E-state index contributed by atoms with van der Waals surface area (Å²) >= 11 is 2.02. The van der Waals surface area contributed by atoms with Crippen LogP contribution in [0.25, 0.3) is 0 Å². The highest BCUT2D eigenvalue weighted by molar-refractivity contribution is 14.1. The van der Waals surface area contributed by atoms with Crippen LogP contribution in [0.5, 0.6) is 0 Å². The van der Waals surface area contributed by atoms with Gasteiger partial charge in [0.25, 0.3) is 11.8 Å². The quantitative estimate of drug-likeness (QED) is 0.560. The molecule has 0 bridgehead atoms. The molecule has 0 spiro atoms. The van der Waals surface area contributed by atoms with Gasteiger partial charge in [-0.2, -0.15) is 0 Å². The second-order valence-corrected chi connectivity index (χ2v) is 5.63. The Morgan fingerprint density at radius 1 is 1.05 bits per heavy atom. The molecule has 100 valence electrons. The number of halogens is 2. The molecule has 0 radical (unpaired) electrons. The molecule has 0 aliphatic carbocycles. The zero-order valence-corrected chi connectivity index (χ0v) is 12.6. The van der Waals surface area contributed by atoms with Crippen LogP contribution in [-0.4, -0.2) is 11.8 Å². The monoisotopic (exact) mass is 381 g/mol. The Morgan fingerprint density at radius 2 is 1.60 bits per heavy atom. The van der Waals surface area contributed by atoms with E-state index in [0.717, 1.165) is 4.90 Å². The number of anilines is 1. The summed E-state index contributed by atoms with van der Waals surface area (Å²) < 4.78 is 14.3. The molecule has 2 aromatic rings. The van der Waals surface area contributed by atoms with Gasteiger partial charge in [-0.3, -0.25) is 9.59 Å². The van der Waals surface area contributed by atoms with E-state index in [1.54, 1.807) is 31.2 Å². The lowest BCUT2D eigenvalue weighted by atomic mass is 10.1. The maximum atomic E-state index is 13.6. The molecule has 3 rings (SSSR count). The van der Waals surface area contributed by atoms with Crippen LogP contribution in [0.4, 0.5) is 10.1 Å². The predicted octanol–water partition coefficient (Wildman–Crippen LogP) is 3.54. The summed E-state index contributed by atoms with van der Waals surface area (Å²) in [7, 11) is 0. The molecular weight excluding hydrogens is 372 g/mol. The van der Waals surface area contributed by atoms with Gasteiger partial charge in [-0.15, -0.1) is 0 Å². The third-order valence-electron chi connectivity index (χ3n) is 3.24. The van der Waals surface area contributed by atoms with Crippen molar-refractivity contribution < 1.29 is 14.0 Å². The summed E-state index contributed by atoms with van der Waals surface area (Å²) in [6.07, 6.45) is 0. The molecule has 20 heavy (non-hydrogen) atoms. The molecule has 2 aromatic carbocycles. The van der Waals surface area contributed by atoms with Crippen molar-refractivity contribution >= 4 is 40.1 Å². The standard InChI is InChI=1S/C15H9FINO2/c1-8-6-9(16)7-12(13(8)17)18-14(19)10-4-2-3-5-11(10)15(18)20/h2-7H,1H3. The third-order valence-corrected chi connectivity index (χ3v) is 4.64. The molecule has 1 heterocycles. The van der Waals surface area contributed by atoms with Crippen LogP contribution in [0.1, 0.15) is 26.3 Å². The Bertz CT molecular complexity index is 723. The minimum atomic E-state index is -0.463. The minimum Gasteiger partial charge on any atom is -0.268 e. The highest BCUT2D eigenvalue weighted by Gasteiger charge is 2.37. The number of hydrogen-bond acceptors (Lipinski definition) is 2. The Morgan fingerprint density at radius 3 is 2.15 bits per heavy atom. The van der Waals surface area contributed by atoms with Gasteiger partial charge in [0.15, 0.2) is 0 Å². The highest BCUT2D eigenvalue weighted by Crippen LogP contribution is 2.33. The lowest BCUT2D eigenvalue weighted by molar-refractivity contribution is 0.0926. The number of amides is 2. The van der Waals surface area contributed by atoms with Crippen LogP contribution in [0.2, 0.25) is 0 Å². The number of hydrogen-bond donors (Lipinski definition) is 0. The van der Waals surface area contributed by atoms with Crippen molar-refractivity contribution in [3.8, 4) is 0 Å². The second kappa shape index (κ2) is 4.66. The summed E-state index contributed by atoms with van der Waals surface area (Å²) in [5, 5.41) is 0. The van der Waals surface area contributed by atoms with E-state index in [1.807, 2.05) is 22.6 Å². The Labute approximate surface area is 128 Å². The largest absolute Gasteiger partial charge is 0.268 e. The summed E-state index contributed by atoms with van der Waals surface area (Å²) in [5.74, 6) is -1.28. The van der Waals surface area contributed by atoms with E-state index in [9.17, 15) is 14.0 Å². The number of nitrogens with zero attached hydrogens (tertiary/aromatic N) is 1. The van der Waals surface area contributed by atoms with E-state index in [0.29, 0.717) is 25.9 Å². The normalized spacial score (nSPS) is 13.8. The summed E-state index contributed by atoms with van der Waals surface area (Å²) in [4.78, 5) is 25.8. The second-order valence-electron chi connectivity index (χ2n) is 4.55. The number of fused-ring (bicyclic) bond motifs is 1. The van der Waals surface area contributed by atoms with Gasteiger partial charge < -0.3 is 0 Å². The van der Waals surface area contributed by atoms with Crippen molar-refractivity contribution in [1.29, 1.82) is 0 Å². The molecule has 0 aromatic heterocycles. The van der Waals surface area contributed by atoms with Gasteiger partial charge in [-0.1, -0.05) is 12.1 Å². The van der Waals surface area contributed by atoms with Gasteiger partial charge in [0.2, 0.25) is 0 Å². The molecule has 2 amide bonds. The molecular formula is C15H9FINO2. The molecule has 0 atom stereocenters. The van der Waals surface area contributed by atoms with Gasteiger partial charge >= 0.3 is 0 Å². The molecule has 3 nitrogen and oxygen atoms in total. The van der Waals surface area contributed by atoms with Crippen molar-refractivity contribution in [2.24, 2.45) is 0 Å². The van der Waals surface area contributed by atoms with Crippen LogP contribution in [-0.2, 0) is 0 Å². The van der Waals surface area contributed by atoms with Crippen LogP contribution in [0.3, 0.4) is 0 Å². The van der Waals surface area contributed by atoms with Crippen molar-refractivity contribution in [3.05, 3.63) is 62.5 Å². The van der Waals surface area contributed by atoms with E-state index in [4.69, 9.17) is 0 Å². The van der Waals surface area contributed by atoms with E-state index in [2.05, 4.69) is 0 Å². The molecule has 0 fully saturated rings. The number of rotatable bonds is 1.